The van der Waals surface area contributed by atoms with Crippen LogP contribution in [0.25, 0.3) is 0 Å². The Kier molecular flexibility index (Phi) is 88.5. The van der Waals surface area contributed by atoms with Crippen molar-refractivity contribution in [3.8, 4) is 0 Å². The maximum absolute atomic E-state index is 8.67. The summed E-state index contributed by atoms with van der Waals surface area (Å²) in [5, 5.41) is 0. The van der Waals surface area contributed by atoms with Gasteiger partial charge < -0.3 is 6.15 Å². The van der Waals surface area contributed by atoms with Crippen LogP contribution in [0.3, 0.4) is 0 Å². The van der Waals surface area contributed by atoms with Crippen molar-refractivity contribution in [1.29, 1.82) is 0 Å². The molecular formula is H7FeNNa2O3S. The maximum atomic E-state index is 8.67. The molecule has 0 heterocycles. The molecule has 0 rings (SSSR count). The van der Waals surface area contributed by atoms with Gasteiger partial charge in [0.2, 0.25) is 0 Å². The van der Waals surface area contributed by atoms with Crippen molar-refractivity contribution in [3.63, 3.8) is 0 Å². The first-order chi connectivity index (χ1) is 1.73. The van der Waals surface area contributed by atoms with E-state index in [4.69, 9.17) is 13.3 Å². The fraction of sp³-hybridized carbons (Fsp3) is 0. The summed E-state index contributed by atoms with van der Waals surface area (Å²) in [6, 6.07) is 0. The van der Waals surface area contributed by atoms with Crippen LogP contribution in [0.2, 0.25) is 0 Å². The first kappa shape index (κ1) is 31.2. The van der Waals surface area contributed by atoms with Gasteiger partial charge >= 0.3 is 59.1 Å². The Morgan fingerprint density at radius 2 is 1.12 bits per heavy atom. The second kappa shape index (κ2) is 22.7. The van der Waals surface area contributed by atoms with Crippen molar-refractivity contribution in [2.45, 2.75) is 0 Å². The van der Waals surface area contributed by atoms with E-state index in [9.17, 15) is 0 Å². The number of rotatable bonds is 0. The van der Waals surface area contributed by atoms with Crippen LogP contribution in [0.1, 0.15) is 0 Å². The summed E-state index contributed by atoms with van der Waals surface area (Å²) in [6.45, 7) is 0. The van der Waals surface area contributed by atoms with E-state index in [1.54, 1.807) is 0 Å². The fourth-order valence-corrected chi connectivity index (χ4v) is 0. The van der Waals surface area contributed by atoms with Crippen LogP contribution in [0.15, 0.2) is 0 Å². The van der Waals surface area contributed by atoms with Crippen LogP contribution < -0.4 is 6.15 Å². The SMILES string of the molecule is N.O=S(O)O.[Fe].[NaH].[NaH]. The van der Waals surface area contributed by atoms with Crippen LogP contribution in [0, 0.1) is 0 Å². The minimum absolute atomic E-state index is 0. The van der Waals surface area contributed by atoms with Gasteiger partial charge in [-0.3, -0.25) is 9.11 Å². The Labute approximate surface area is 105 Å². The first-order valence-corrected chi connectivity index (χ1v) is 1.60. The van der Waals surface area contributed by atoms with Gasteiger partial charge in [0.05, 0.1) is 0 Å². The average molecular weight is 203 g/mol. The molecule has 8 heteroatoms. The summed E-state index contributed by atoms with van der Waals surface area (Å²) < 4.78 is 22.8. The fourth-order valence-electron chi connectivity index (χ4n) is 0. The molecule has 8 heavy (non-hydrogen) atoms. The van der Waals surface area contributed by atoms with Crippen molar-refractivity contribution in [1.82, 2.24) is 6.15 Å². The van der Waals surface area contributed by atoms with Crippen molar-refractivity contribution in [2.24, 2.45) is 0 Å². The zero-order chi connectivity index (χ0) is 3.58. The zero-order valence-corrected chi connectivity index (χ0v) is 4.69. The molecule has 0 amide bonds. The molecule has 46 valence electrons. The molecule has 0 spiro atoms. The molecule has 0 saturated heterocycles. The monoisotopic (exact) mass is 203 g/mol. The predicted octanol–water partition coefficient (Wildman–Crippen LogP) is -1.46. The Morgan fingerprint density at radius 1 is 1.12 bits per heavy atom. The van der Waals surface area contributed by atoms with E-state index in [-0.39, 0.29) is 82.3 Å². The van der Waals surface area contributed by atoms with Gasteiger partial charge in [-0.1, -0.05) is 0 Å². The molecule has 0 aromatic carbocycles. The van der Waals surface area contributed by atoms with Gasteiger partial charge in [0.1, 0.15) is 0 Å². The molecule has 0 aliphatic rings. The van der Waals surface area contributed by atoms with E-state index in [0.717, 1.165) is 0 Å². The average Bonchev–Trinajstić information content (AvgIpc) is 0.811. The Morgan fingerprint density at radius 3 is 1.12 bits per heavy atom. The molecule has 0 aliphatic heterocycles. The molecule has 5 N–H and O–H groups in total. The summed E-state index contributed by atoms with van der Waals surface area (Å²) in [4.78, 5) is 0. The molecule has 0 fully saturated rings. The molecule has 0 unspecified atom stereocenters. The molecule has 0 aromatic rings. The van der Waals surface area contributed by atoms with Crippen molar-refractivity contribution >= 4 is 70.5 Å². The Hall–Kier alpha value is 2.55. The summed E-state index contributed by atoms with van der Waals surface area (Å²) in [7, 11) is 0. The van der Waals surface area contributed by atoms with Crippen LogP contribution in [-0.4, -0.2) is 72.4 Å². The van der Waals surface area contributed by atoms with Gasteiger partial charge in [-0.25, -0.2) is 0 Å². The second-order valence-corrected chi connectivity index (χ2v) is 0.692. The third kappa shape index (κ3) is 75.0. The second-order valence-electron chi connectivity index (χ2n) is 0.231. The van der Waals surface area contributed by atoms with Gasteiger partial charge in [-0.2, -0.15) is 4.21 Å². The molecule has 0 aromatic heterocycles. The Bertz CT molecular complexity index is 40.3. The van der Waals surface area contributed by atoms with E-state index < -0.39 is 11.4 Å². The third-order valence-corrected chi connectivity index (χ3v) is 0. The van der Waals surface area contributed by atoms with Gasteiger partial charge in [0.25, 0.3) is 11.4 Å². The minimum atomic E-state index is -2.61. The predicted molar refractivity (Wildman–Crippen MR) is 32.7 cm³/mol. The van der Waals surface area contributed by atoms with E-state index in [1.165, 1.54) is 0 Å². The topological polar surface area (TPSA) is 92.5 Å². The molecular weight excluding hydrogens is 196 g/mol. The van der Waals surface area contributed by atoms with Gasteiger partial charge in [0, 0.05) is 17.1 Å². The van der Waals surface area contributed by atoms with Crippen molar-refractivity contribution in [3.05, 3.63) is 0 Å². The van der Waals surface area contributed by atoms with E-state index in [0.29, 0.717) is 0 Å². The van der Waals surface area contributed by atoms with Crippen molar-refractivity contribution in [2.75, 3.05) is 0 Å². The van der Waals surface area contributed by atoms with Gasteiger partial charge in [-0.05, 0) is 0 Å². The Balaban J connectivity index is -0.00000000750. The number of hydrogen-bond acceptors (Lipinski definition) is 2. The normalized spacial score (nSPS) is 4.38. The molecule has 0 aliphatic carbocycles. The van der Waals surface area contributed by atoms with Crippen molar-refractivity contribution < 1.29 is 30.4 Å². The zero-order valence-electron chi connectivity index (χ0n) is 2.77. The molecule has 4 nitrogen and oxygen atoms in total. The quantitative estimate of drug-likeness (QED) is 0.331. The molecule has 0 atom stereocenters. The van der Waals surface area contributed by atoms with Crippen LogP contribution in [0.4, 0.5) is 0 Å². The summed E-state index contributed by atoms with van der Waals surface area (Å²) in [5.41, 5.74) is 0. The van der Waals surface area contributed by atoms with Gasteiger partial charge in [0.15, 0.2) is 0 Å². The van der Waals surface area contributed by atoms with E-state index in [1.807, 2.05) is 0 Å². The summed E-state index contributed by atoms with van der Waals surface area (Å²) in [6.07, 6.45) is 0. The van der Waals surface area contributed by atoms with Crippen LogP contribution in [-0.2, 0) is 28.4 Å². The number of hydrogen-bond donors (Lipinski definition) is 3. The van der Waals surface area contributed by atoms with Gasteiger partial charge in [-0.15, -0.1) is 0 Å². The van der Waals surface area contributed by atoms with E-state index in [2.05, 4.69) is 0 Å². The summed E-state index contributed by atoms with van der Waals surface area (Å²) >= 11 is -2.61. The summed E-state index contributed by atoms with van der Waals surface area (Å²) in [5.74, 6) is 0. The molecule has 0 radical (unpaired) electrons. The van der Waals surface area contributed by atoms with E-state index >= 15 is 0 Å². The molecule has 0 saturated carbocycles. The molecule has 0 bridgehead atoms. The van der Waals surface area contributed by atoms with Crippen LogP contribution in [0.5, 0.6) is 0 Å². The van der Waals surface area contributed by atoms with Crippen LogP contribution >= 0.6 is 0 Å². The standard InChI is InChI=1S/Fe.H3N.2Na.H2O3S.2H/c;;;;1-4(2)3;;/h;1H3;;;(H2,1,2,3);;. The third-order valence-electron chi connectivity index (χ3n) is 0. The first-order valence-electron chi connectivity index (χ1n) is 0.532.